The van der Waals surface area contributed by atoms with Crippen LogP contribution in [0, 0.1) is 10.1 Å². The highest BCUT2D eigenvalue weighted by Gasteiger charge is 2.20. The van der Waals surface area contributed by atoms with Gasteiger partial charge in [0.05, 0.1) is 10.4 Å². The van der Waals surface area contributed by atoms with E-state index in [0.29, 0.717) is 5.52 Å². The van der Waals surface area contributed by atoms with Gasteiger partial charge >= 0.3 is 0 Å². The molecule has 0 unspecified atom stereocenters. The molecule has 18 heavy (non-hydrogen) atoms. The molecule has 1 saturated heterocycles. The fourth-order valence-electron chi connectivity index (χ4n) is 1.96. The van der Waals surface area contributed by atoms with Crippen molar-refractivity contribution in [3.05, 3.63) is 33.6 Å². The molecule has 3 rings (SSSR count). The Hall–Kier alpha value is -1.95. The van der Waals surface area contributed by atoms with E-state index in [9.17, 15) is 10.1 Å². The molecular formula is C11H9ClN4O2. The van der Waals surface area contributed by atoms with Crippen LogP contribution >= 0.6 is 11.6 Å². The monoisotopic (exact) mass is 264 g/mol. The lowest BCUT2D eigenvalue weighted by molar-refractivity contribution is -0.384. The number of aromatic nitrogens is 2. The van der Waals surface area contributed by atoms with Crippen LogP contribution in [0.15, 0.2) is 18.2 Å². The van der Waals surface area contributed by atoms with Gasteiger partial charge in [-0.2, -0.15) is 4.98 Å². The molecule has 92 valence electrons. The van der Waals surface area contributed by atoms with E-state index in [-0.39, 0.29) is 11.0 Å². The minimum absolute atomic E-state index is 0.00632. The van der Waals surface area contributed by atoms with Gasteiger partial charge in [0.2, 0.25) is 5.28 Å². The van der Waals surface area contributed by atoms with E-state index in [1.54, 1.807) is 6.07 Å². The number of anilines is 1. The molecular weight excluding hydrogens is 256 g/mol. The highest BCUT2D eigenvalue weighted by Crippen LogP contribution is 2.30. The number of nitro benzene ring substituents is 1. The Balaban J connectivity index is 2.21. The standard InChI is InChI=1S/C11H9ClN4O2/c12-11-13-9-6-7(16(17)18)2-3-8(9)10(14-11)15-4-1-5-15/h2-3,6H,1,4-5H2. The molecule has 1 aliphatic rings. The molecule has 0 amide bonds. The molecule has 0 radical (unpaired) electrons. The van der Waals surface area contributed by atoms with E-state index in [4.69, 9.17) is 11.6 Å². The maximum Gasteiger partial charge on any atom is 0.271 e. The van der Waals surface area contributed by atoms with Crippen molar-refractivity contribution in [1.82, 2.24) is 9.97 Å². The third kappa shape index (κ3) is 1.74. The van der Waals surface area contributed by atoms with Crippen molar-refractivity contribution in [2.75, 3.05) is 18.0 Å². The van der Waals surface area contributed by atoms with Crippen LogP contribution < -0.4 is 4.90 Å². The largest absolute Gasteiger partial charge is 0.356 e. The summed E-state index contributed by atoms with van der Waals surface area (Å²) in [6.45, 7) is 1.86. The van der Waals surface area contributed by atoms with Gasteiger partial charge in [-0.25, -0.2) is 4.98 Å². The predicted octanol–water partition coefficient (Wildman–Crippen LogP) is 2.40. The average molecular weight is 265 g/mol. The van der Waals surface area contributed by atoms with Crippen LogP contribution in [0.25, 0.3) is 10.9 Å². The van der Waals surface area contributed by atoms with Gasteiger partial charge in [-0.1, -0.05) is 0 Å². The third-order valence-electron chi connectivity index (χ3n) is 3.00. The van der Waals surface area contributed by atoms with E-state index >= 15 is 0 Å². The van der Waals surface area contributed by atoms with E-state index in [1.165, 1.54) is 12.1 Å². The van der Waals surface area contributed by atoms with E-state index in [0.717, 1.165) is 30.7 Å². The molecule has 1 aromatic heterocycles. The van der Waals surface area contributed by atoms with Crippen molar-refractivity contribution in [1.29, 1.82) is 0 Å². The molecule has 1 aromatic carbocycles. The Morgan fingerprint density at radius 2 is 2.11 bits per heavy atom. The van der Waals surface area contributed by atoms with Gasteiger partial charge in [0, 0.05) is 30.6 Å². The Morgan fingerprint density at radius 3 is 2.72 bits per heavy atom. The maximum absolute atomic E-state index is 10.7. The third-order valence-corrected chi connectivity index (χ3v) is 3.17. The molecule has 0 aliphatic carbocycles. The van der Waals surface area contributed by atoms with E-state index in [2.05, 4.69) is 14.9 Å². The number of benzene rings is 1. The Kier molecular flexibility index (Phi) is 2.52. The SMILES string of the molecule is O=[N+]([O-])c1ccc2c(N3CCC3)nc(Cl)nc2c1. The van der Waals surface area contributed by atoms with Crippen molar-refractivity contribution in [3.63, 3.8) is 0 Å². The van der Waals surface area contributed by atoms with Gasteiger partial charge in [0.25, 0.3) is 5.69 Å². The summed E-state index contributed by atoms with van der Waals surface area (Å²) < 4.78 is 0. The van der Waals surface area contributed by atoms with Crippen molar-refractivity contribution >= 4 is 34.0 Å². The Morgan fingerprint density at radius 1 is 1.33 bits per heavy atom. The normalized spacial score (nSPS) is 14.6. The predicted molar refractivity (Wildman–Crippen MR) is 68.0 cm³/mol. The molecule has 0 bridgehead atoms. The van der Waals surface area contributed by atoms with Crippen molar-refractivity contribution in [3.8, 4) is 0 Å². The smallest absolute Gasteiger partial charge is 0.271 e. The number of nitrogens with zero attached hydrogens (tertiary/aromatic N) is 4. The zero-order valence-electron chi connectivity index (χ0n) is 9.34. The fourth-order valence-corrected chi connectivity index (χ4v) is 2.13. The summed E-state index contributed by atoms with van der Waals surface area (Å²) in [5, 5.41) is 11.6. The lowest BCUT2D eigenvalue weighted by atomic mass is 10.1. The molecule has 1 aliphatic heterocycles. The van der Waals surface area contributed by atoms with Crippen molar-refractivity contribution < 1.29 is 4.92 Å². The summed E-state index contributed by atoms with van der Waals surface area (Å²) >= 11 is 5.86. The van der Waals surface area contributed by atoms with E-state index in [1.807, 2.05) is 0 Å². The zero-order chi connectivity index (χ0) is 12.7. The summed E-state index contributed by atoms with van der Waals surface area (Å²) in [7, 11) is 0. The van der Waals surface area contributed by atoms with Crippen LogP contribution in [-0.4, -0.2) is 28.0 Å². The minimum atomic E-state index is -0.446. The highest BCUT2D eigenvalue weighted by molar-refractivity contribution is 6.28. The topological polar surface area (TPSA) is 72.2 Å². The highest BCUT2D eigenvalue weighted by atomic mass is 35.5. The number of hydrogen-bond donors (Lipinski definition) is 0. The number of rotatable bonds is 2. The average Bonchev–Trinajstić information content (AvgIpc) is 2.25. The second-order valence-corrected chi connectivity index (χ2v) is 4.45. The molecule has 6 nitrogen and oxygen atoms in total. The van der Waals surface area contributed by atoms with Gasteiger partial charge in [-0.05, 0) is 24.1 Å². The lowest BCUT2D eigenvalue weighted by Crippen LogP contribution is -2.37. The fraction of sp³-hybridized carbons (Fsp3) is 0.273. The van der Waals surface area contributed by atoms with Gasteiger partial charge in [0.15, 0.2) is 0 Å². The number of hydrogen-bond acceptors (Lipinski definition) is 5. The van der Waals surface area contributed by atoms with Crippen molar-refractivity contribution in [2.24, 2.45) is 0 Å². The second-order valence-electron chi connectivity index (χ2n) is 4.12. The lowest BCUT2D eigenvalue weighted by Gasteiger charge is -2.32. The molecule has 0 N–H and O–H groups in total. The number of halogens is 1. The van der Waals surface area contributed by atoms with Gasteiger partial charge in [0.1, 0.15) is 5.82 Å². The number of fused-ring (bicyclic) bond motifs is 1. The Labute approximate surface area is 107 Å². The molecule has 0 spiro atoms. The van der Waals surface area contributed by atoms with Gasteiger partial charge < -0.3 is 4.90 Å². The zero-order valence-corrected chi connectivity index (χ0v) is 10.1. The van der Waals surface area contributed by atoms with Gasteiger partial charge in [-0.3, -0.25) is 10.1 Å². The van der Waals surface area contributed by atoms with Crippen LogP contribution in [0.4, 0.5) is 11.5 Å². The summed E-state index contributed by atoms with van der Waals surface area (Å²) in [5.74, 6) is 0.756. The molecule has 2 heterocycles. The first-order chi connectivity index (χ1) is 8.65. The van der Waals surface area contributed by atoms with Crippen LogP contribution in [0.2, 0.25) is 5.28 Å². The summed E-state index contributed by atoms with van der Waals surface area (Å²) in [4.78, 5) is 20.6. The van der Waals surface area contributed by atoms with Crippen LogP contribution in [0.3, 0.4) is 0 Å². The maximum atomic E-state index is 10.7. The number of nitro groups is 1. The summed E-state index contributed by atoms with van der Waals surface area (Å²) in [5.41, 5.74) is 0.512. The molecule has 1 fully saturated rings. The van der Waals surface area contributed by atoms with E-state index < -0.39 is 4.92 Å². The van der Waals surface area contributed by atoms with Crippen molar-refractivity contribution in [2.45, 2.75) is 6.42 Å². The number of non-ortho nitro benzene ring substituents is 1. The summed E-state index contributed by atoms with van der Waals surface area (Å²) in [6, 6.07) is 4.56. The van der Waals surface area contributed by atoms with Crippen LogP contribution in [0.5, 0.6) is 0 Å². The molecule has 7 heteroatoms. The Bertz CT molecular complexity index is 642. The summed E-state index contributed by atoms with van der Waals surface area (Å²) in [6.07, 6.45) is 1.12. The first kappa shape index (κ1) is 11.2. The second kappa shape index (κ2) is 4.06. The first-order valence-electron chi connectivity index (χ1n) is 5.52. The quantitative estimate of drug-likeness (QED) is 0.473. The molecule has 2 aromatic rings. The molecule has 0 atom stereocenters. The molecule has 0 saturated carbocycles. The first-order valence-corrected chi connectivity index (χ1v) is 5.89. The van der Waals surface area contributed by atoms with Crippen LogP contribution in [0.1, 0.15) is 6.42 Å². The minimum Gasteiger partial charge on any atom is -0.356 e. The van der Waals surface area contributed by atoms with Crippen LogP contribution in [-0.2, 0) is 0 Å². The van der Waals surface area contributed by atoms with Gasteiger partial charge in [-0.15, -0.1) is 0 Å².